The molecule has 0 spiro atoms. The molecule has 5 rings (SSSR count). The number of rotatable bonds is 4. The predicted molar refractivity (Wildman–Crippen MR) is 112 cm³/mol. The van der Waals surface area contributed by atoms with Gasteiger partial charge in [0.15, 0.2) is 5.82 Å². The monoisotopic (exact) mass is 434 g/mol. The van der Waals surface area contributed by atoms with Gasteiger partial charge in [-0.25, -0.2) is 4.39 Å². The van der Waals surface area contributed by atoms with Crippen LogP contribution in [0.1, 0.15) is 5.76 Å². The molecule has 0 fully saturated rings. The van der Waals surface area contributed by atoms with E-state index >= 15 is 0 Å². The molecule has 3 heterocycles. The van der Waals surface area contributed by atoms with Crippen LogP contribution in [0.25, 0.3) is 33.7 Å². The fourth-order valence-electron chi connectivity index (χ4n) is 3.10. The number of aromatic nitrogens is 3. The van der Waals surface area contributed by atoms with Gasteiger partial charge >= 0.3 is 0 Å². The molecule has 0 aliphatic rings. The third-order valence-corrected chi connectivity index (χ3v) is 5.51. The zero-order chi connectivity index (χ0) is 21.5. The minimum absolute atomic E-state index is 0.0694. The lowest BCUT2D eigenvalue weighted by molar-refractivity contribution is -0.384. The average Bonchev–Trinajstić information content (AvgIpc) is 3.46. The zero-order valence-electron chi connectivity index (χ0n) is 15.6. The molecule has 0 N–H and O–H groups in total. The molecule has 10 heteroatoms. The first-order valence-corrected chi connectivity index (χ1v) is 9.82. The number of furan rings is 1. The Bertz CT molecular complexity index is 1550. The number of thiazole rings is 1. The van der Waals surface area contributed by atoms with Crippen LogP contribution in [0.5, 0.6) is 0 Å². The molecule has 0 saturated heterocycles. The van der Waals surface area contributed by atoms with Crippen molar-refractivity contribution in [3.05, 3.63) is 97.2 Å². The summed E-state index contributed by atoms with van der Waals surface area (Å²) in [4.78, 5) is 28.2. The molecule has 3 aromatic heterocycles. The molecule has 0 saturated carbocycles. The number of nitro groups is 1. The molecule has 8 nitrogen and oxygen atoms in total. The number of para-hydroxylation sites is 1. The van der Waals surface area contributed by atoms with Gasteiger partial charge in [-0.3, -0.25) is 14.9 Å². The van der Waals surface area contributed by atoms with Crippen LogP contribution in [0, 0.1) is 15.9 Å². The lowest BCUT2D eigenvalue weighted by Gasteiger charge is -1.98. The van der Waals surface area contributed by atoms with Crippen LogP contribution in [-0.2, 0) is 0 Å². The maximum absolute atomic E-state index is 13.1. The van der Waals surface area contributed by atoms with E-state index in [1.165, 1.54) is 22.7 Å². The summed E-state index contributed by atoms with van der Waals surface area (Å²) < 4.78 is 20.4. The maximum Gasteiger partial charge on any atom is 0.291 e. The van der Waals surface area contributed by atoms with Crippen molar-refractivity contribution in [2.24, 2.45) is 0 Å². The Kier molecular flexibility index (Phi) is 4.41. The van der Waals surface area contributed by atoms with Crippen molar-refractivity contribution in [3.8, 4) is 22.7 Å². The van der Waals surface area contributed by atoms with Gasteiger partial charge in [0, 0.05) is 17.7 Å². The Morgan fingerprint density at radius 1 is 1.10 bits per heavy atom. The van der Waals surface area contributed by atoms with Crippen LogP contribution in [0.4, 0.5) is 10.1 Å². The smallest absolute Gasteiger partial charge is 0.291 e. The zero-order valence-corrected chi connectivity index (χ0v) is 16.4. The number of fused-ring (bicyclic) bond motifs is 1. The van der Waals surface area contributed by atoms with Crippen molar-refractivity contribution in [2.45, 2.75) is 0 Å². The van der Waals surface area contributed by atoms with E-state index in [1.807, 2.05) is 0 Å². The van der Waals surface area contributed by atoms with E-state index in [2.05, 4.69) is 10.1 Å². The molecule has 0 atom stereocenters. The minimum atomic E-state index is -0.477. The number of benzene rings is 2. The second kappa shape index (κ2) is 7.26. The van der Waals surface area contributed by atoms with E-state index in [9.17, 15) is 19.3 Å². The molecule has 5 aromatic rings. The second-order valence-electron chi connectivity index (χ2n) is 6.53. The third kappa shape index (κ3) is 3.38. The Hall–Kier alpha value is -4.18. The number of nitrogens with zero attached hydrogens (tertiary/aromatic N) is 4. The Labute approximate surface area is 176 Å². The van der Waals surface area contributed by atoms with E-state index in [0.29, 0.717) is 38.0 Å². The Morgan fingerprint density at radius 2 is 1.87 bits per heavy atom. The van der Waals surface area contributed by atoms with E-state index in [1.54, 1.807) is 48.5 Å². The lowest BCUT2D eigenvalue weighted by atomic mass is 10.1. The molecule has 31 heavy (non-hydrogen) atoms. The van der Waals surface area contributed by atoms with Crippen molar-refractivity contribution >= 4 is 28.1 Å². The molecule has 0 aliphatic carbocycles. The Morgan fingerprint density at radius 3 is 2.61 bits per heavy atom. The third-order valence-electron chi connectivity index (χ3n) is 4.55. The molecule has 2 aromatic carbocycles. The molecule has 0 unspecified atom stereocenters. The molecule has 0 radical (unpaired) electrons. The highest BCUT2D eigenvalue weighted by atomic mass is 32.1. The quantitative estimate of drug-likeness (QED) is 0.316. The number of nitro benzene ring substituents is 1. The minimum Gasteiger partial charge on any atom is -0.456 e. The van der Waals surface area contributed by atoms with Crippen LogP contribution < -0.4 is 10.1 Å². The highest BCUT2D eigenvalue weighted by Crippen LogP contribution is 2.31. The van der Waals surface area contributed by atoms with Gasteiger partial charge in [-0.15, -0.1) is 5.10 Å². The fraction of sp³-hybridized carbons (Fsp3) is 0. The van der Waals surface area contributed by atoms with E-state index in [0.717, 1.165) is 11.3 Å². The Balaban J connectivity index is 1.52. The summed E-state index contributed by atoms with van der Waals surface area (Å²) in [7, 11) is 0. The van der Waals surface area contributed by atoms with Gasteiger partial charge in [0.1, 0.15) is 21.9 Å². The van der Waals surface area contributed by atoms with Crippen molar-refractivity contribution in [1.29, 1.82) is 0 Å². The summed E-state index contributed by atoms with van der Waals surface area (Å²) >= 11 is 1.13. The fourth-order valence-corrected chi connectivity index (χ4v) is 3.99. The van der Waals surface area contributed by atoms with E-state index in [4.69, 9.17) is 4.42 Å². The summed E-state index contributed by atoms with van der Waals surface area (Å²) in [5.41, 5.74) is 0.507. The van der Waals surface area contributed by atoms with Gasteiger partial charge in [-0.2, -0.15) is 9.50 Å². The molecular formula is C21H11FN4O4S. The van der Waals surface area contributed by atoms with Crippen LogP contribution >= 0.6 is 11.3 Å². The van der Waals surface area contributed by atoms with Gasteiger partial charge in [0.25, 0.3) is 11.2 Å². The normalized spacial score (nSPS) is 12.0. The summed E-state index contributed by atoms with van der Waals surface area (Å²) in [6.45, 7) is 0. The number of halogens is 1. The first-order chi connectivity index (χ1) is 15.0. The van der Waals surface area contributed by atoms with Crippen LogP contribution in [0.15, 0.2) is 69.9 Å². The maximum atomic E-state index is 13.1. The predicted octanol–water partition coefficient (Wildman–Crippen LogP) is 3.67. The SMILES string of the molecule is O=c1/c(=C/c2ccc(-c3ccccc3[N+](=O)[O-])o2)sc2nc(-c3ccc(F)cc3)nn12. The second-order valence-corrected chi connectivity index (χ2v) is 7.54. The van der Waals surface area contributed by atoms with Crippen molar-refractivity contribution in [1.82, 2.24) is 14.6 Å². The van der Waals surface area contributed by atoms with Gasteiger partial charge in [0.2, 0.25) is 4.96 Å². The molecule has 0 amide bonds. The lowest BCUT2D eigenvalue weighted by Crippen LogP contribution is -2.23. The first-order valence-electron chi connectivity index (χ1n) is 9.00. The van der Waals surface area contributed by atoms with Crippen LogP contribution in [0.3, 0.4) is 0 Å². The summed E-state index contributed by atoms with van der Waals surface area (Å²) in [5.74, 6) is 0.647. The number of hydrogen-bond donors (Lipinski definition) is 0. The van der Waals surface area contributed by atoms with Gasteiger partial charge < -0.3 is 4.42 Å². The van der Waals surface area contributed by atoms with Crippen molar-refractivity contribution in [2.75, 3.05) is 0 Å². The highest BCUT2D eigenvalue weighted by Gasteiger charge is 2.17. The van der Waals surface area contributed by atoms with Gasteiger partial charge in [0.05, 0.1) is 10.5 Å². The highest BCUT2D eigenvalue weighted by molar-refractivity contribution is 7.15. The molecule has 152 valence electrons. The van der Waals surface area contributed by atoms with Crippen molar-refractivity contribution in [3.63, 3.8) is 0 Å². The summed E-state index contributed by atoms with van der Waals surface area (Å²) in [5, 5.41) is 15.4. The first kappa shape index (κ1) is 18.8. The molecule has 0 bridgehead atoms. The van der Waals surface area contributed by atoms with Gasteiger partial charge in [-0.1, -0.05) is 23.5 Å². The molecule has 0 aliphatic heterocycles. The van der Waals surface area contributed by atoms with Crippen LogP contribution in [0.2, 0.25) is 0 Å². The largest absolute Gasteiger partial charge is 0.456 e. The standard InChI is InChI=1S/C21H11FN4O4S/c22-13-7-5-12(6-8-13)19-23-21-25(24-19)20(27)18(31-21)11-14-9-10-17(30-14)15-3-1-2-4-16(15)26(28)29/h1-11H/b18-11-. The van der Waals surface area contributed by atoms with E-state index < -0.39 is 4.92 Å². The number of hydrogen-bond acceptors (Lipinski definition) is 7. The van der Waals surface area contributed by atoms with Crippen molar-refractivity contribution < 1.29 is 13.7 Å². The van der Waals surface area contributed by atoms with Crippen LogP contribution in [-0.4, -0.2) is 19.5 Å². The topological polar surface area (TPSA) is 104 Å². The molecular weight excluding hydrogens is 423 g/mol. The average molecular weight is 434 g/mol. The summed E-state index contributed by atoms with van der Waals surface area (Å²) in [6.07, 6.45) is 1.54. The summed E-state index contributed by atoms with van der Waals surface area (Å²) in [6, 6.07) is 15.2. The van der Waals surface area contributed by atoms with Gasteiger partial charge in [-0.05, 0) is 42.5 Å². The van der Waals surface area contributed by atoms with E-state index in [-0.39, 0.29) is 17.1 Å².